The molecule has 0 bridgehead atoms. The van der Waals surface area contributed by atoms with Crippen molar-refractivity contribution in [1.29, 1.82) is 0 Å². The molecule has 4 aromatic rings. The molecule has 0 aliphatic carbocycles. The van der Waals surface area contributed by atoms with E-state index in [1.165, 1.54) is 0 Å². The highest BCUT2D eigenvalue weighted by molar-refractivity contribution is 6.19. The molecule has 0 N–H and O–H groups in total. The molecule has 0 saturated carbocycles. The summed E-state index contributed by atoms with van der Waals surface area (Å²) in [6, 6.07) is 30.5. The second kappa shape index (κ2) is 8.78. The molecule has 5 nitrogen and oxygen atoms in total. The van der Waals surface area contributed by atoms with Crippen LogP contribution >= 0.6 is 0 Å². The minimum absolute atomic E-state index is 0.172. The fourth-order valence-electron chi connectivity index (χ4n) is 3.51. The highest BCUT2D eigenvalue weighted by Crippen LogP contribution is 2.26. The molecule has 2 heterocycles. The molecular formula is C27H20N2O3. The lowest BCUT2D eigenvalue weighted by atomic mass is 10.1. The molecule has 0 atom stereocenters. The van der Waals surface area contributed by atoms with Gasteiger partial charge in [-0.05, 0) is 48.0 Å². The summed E-state index contributed by atoms with van der Waals surface area (Å²) in [5.41, 5.74) is 2.07. The van der Waals surface area contributed by atoms with Crippen molar-refractivity contribution in [1.82, 2.24) is 4.90 Å². The third kappa shape index (κ3) is 4.23. The molecule has 1 aliphatic heterocycles. The van der Waals surface area contributed by atoms with Gasteiger partial charge < -0.3 is 9.15 Å². The first kappa shape index (κ1) is 19.6. The maximum Gasteiger partial charge on any atom is 0.278 e. The Labute approximate surface area is 185 Å². The lowest BCUT2D eigenvalue weighted by Gasteiger charge is -2.17. The molecule has 1 amide bonds. The summed E-state index contributed by atoms with van der Waals surface area (Å²) >= 11 is 0. The number of furan rings is 1. The minimum atomic E-state index is -0.172. The molecule has 0 saturated heterocycles. The van der Waals surface area contributed by atoms with Crippen LogP contribution in [0.15, 0.2) is 118 Å². The summed E-state index contributed by atoms with van der Waals surface area (Å²) in [5.74, 6) is 2.57. The highest BCUT2D eigenvalue weighted by atomic mass is 16.5. The number of hydrogen-bond acceptors (Lipinski definition) is 4. The lowest BCUT2D eigenvalue weighted by Crippen LogP contribution is -2.32. The van der Waals surface area contributed by atoms with E-state index in [1.54, 1.807) is 17.2 Å². The summed E-state index contributed by atoms with van der Waals surface area (Å²) < 4.78 is 11.4. The molecular weight excluding hydrogens is 400 g/mol. The topological polar surface area (TPSA) is 55.0 Å². The maximum atomic E-state index is 13.3. The van der Waals surface area contributed by atoms with Crippen molar-refractivity contribution in [2.24, 2.45) is 4.99 Å². The summed E-state index contributed by atoms with van der Waals surface area (Å²) in [5, 5.41) is 0. The molecule has 3 aromatic carbocycles. The van der Waals surface area contributed by atoms with Crippen LogP contribution in [0.1, 0.15) is 16.9 Å². The van der Waals surface area contributed by atoms with Gasteiger partial charge in [0.05, 0.1) is 12.8 Å². The third-order valence-electron chi connectivity index (χ3n) is 5.01. The van der Waals surface area contributed by atoms with Gasteiger partial charge in [-0.3, -0.25) is 9.69 Å². The number of rotatable bonds is 6. The van der Waals surface area contributed by atoms with E-state index in [4.69, 9.17) is 9.15 Å². The predicted octanol–water partition coefficient (Wildman–Crippen LogP) is 5.90. The van der Waals surface area contributed by atoms with Crippen LogP contribution in [0.5, 0.6) is 11.5 Å². The number of carbonyl (C=O) groups excluding carboxylic acids is 1. The van der Waals surface area contributed by atoms with E-state index in [2.05, 4.69) is 4.99 Å². The second-order valence-corrected chi connectivity index (χ2v) is 7.29. The van der Waals surface area contributed by atoms with Crippen molar-refractivity contribution in [3.63, 3.8) is 0 Å². The number of amides is 1. The summed E-state index contributed by atoms with van der Waals surface area (Å²) in [6.07, 6.45) is 3.38. The van der Waals surface area contributed by atoms with Gasteiger partial charge in [0.1, 0.15) is 28.8 Å². The SMILES string of the molecule is O=C1C(=Cc2cccc(Oc3ccccc3)c2)N=C(c2ccccc2)N1Cc1ccco1. The van der Waals surface area contributed by atoms with Gasteiger partial charge in [0.2, 0.25) is 0 Å². The largest absolute Gasteiger partial charge is 0.467 e. The third-order valence-corrected chi connectivity index (χ3v) is 5.01. The molecule has 0 unspecified atom stereocenters. The van der Waals surface area contributed by atoms with Gasteiger partial charge in [0.15, 0.2) is 0 Å². The van der Waals surface area contributed by atoms with Gasteiger partial charge in [0.25, 0.3) is 5.91 Å². The first-order chi connectivity index (χ1) is 15.8. The molecule has 5 rings (SSSR count). The van der Waals surface area contributed by atoms with Crippen LogP contribution < -0.4 is 4.74 Å². The average molecular weight is 420 g/mol. The highest BCUT2D eigenvalue weighted by Gasteiger charge is 2.31. The fourth-order valence-corrected chi connectivity index (χ4v) is 3.51. The Balaban J connectivity index is 1.46. The zero-order valence-electron chi connectivity index (χ0n) is 17.2. The van der Waals surface area contributed by atoms with Crippen molar-refractivity contribution < 1.29 is 13.9 Å². The number of hydrogen-bond donors (Lipinski definition) is 0. The Morgan fingerprint density at radius 1 is 0.844 bits per heavy atom. The van der Waals surface area contributed by atoms with Gasteiger partial charge in [-0.15, -0.1) is 0 Å². The summed E-state index contributed by atoms with van der Waals surface area (Å²) in [6.45, 7) is 0.314. The number of amidine groups is 1. The van der Waals surface area contributed by atoms with Crippen molar-refractivity contribution in [3.8, 4) is 11.5 Å². The summed E-state index contributed by atoms with van der Waals surface area (Å²) in [7, 11) is 0. The first-order valence-electron chi connectivity index (χ1n) is 10.3. The molecule has 0 fully saturated rings. The molecule has 1 aromatic heterocycles. The minimum Gasteiger partial charge on any atom is -0.467 e. The van der Waals surface area contributed by atoms with Crippen molar-refractivity contribution in [2.45, 2.75) is 6.54 Å². The lowest BCUT2D eigenvalue weighted by molar-refractivity contribution is -0.123. The monoisotopic (exact) mass is 420 g/mol. The second-order valence-electron chi connectivity index (χ2n) is 7.29. The molecule has 156 valence electrons. The van der Waals surface area contributed by atoms with Crippen molar-refractivity contribution in [3.05, 3.63) is 126 Å². The van der Waals surface area contributed by atoms with E-state index in [9.17, 15) is 4.79 Å². The standard InChI is InChI=1S/C27H20N2O3/c30-27-25(18-20-9-7-14-23(17-20)32-22-12-5-2-6-13-22)28-26(21-10-3-1-4-11-21)29(27)19-24-15-8-16-31-24/h1-18H,19H2. The average Bonchev–Trinajstić information content (AvgIpc) is 3.45. The fraction of sp³-hybridized carbons (Fsp3) is 0.0370. The van der Waals surface area contributed by atoms with Gasteiger partial charge in [0, 0.05) is 5.56 Å². The Morgan fingerprint density at radius 2 is 1.59 bits per heavy atom. The number of carbonyl (C=O) groups is 1. The number of nitrogens with zero attached hydrogens (tertiary/aromatic N) is 2. The van der Waals surface area contributed by atoms with Crippen LogP contribution in [0.4, 0.5) is 0 Å². The van der Waals surface area contributed by atoms with E-state index < -0.39 is 0 Å². The number of aliphatic imine (C=N–C) groups is 1. The zero-order chi connectivity index (χ0) is 21.8. The van der Waals surface area contributed by atoms with Crippen LogP contribution in [-0.4, -0.2) is 16.6 Å². The van der Waals surface area contributed by atoms with Crippen LogP contribution in [0.2, 0.25) is 0 Å². The summed E-state index contributed by atoms with van der Waals surface area (Å²) in [4.78, 5) is 19.6. The van der Waals surface area contributed by atoms with E-state index in [0.717, 1.165) is 16.9 Å². The Hall–Kier alpha value is -4.38. The van der Waals surface area contributed by atoms with Gasteiger partial charge in [-0.1, -0.05) is 60.7 Å². The normalized spacial score (nSPS) is 14.6. The molecule has 5 heteroatoms. The van der Waals surface area contributed by atoms with Gasteiger partial charge >= 0.3 is 0 Å². The van der Waals surface area contributed by atoms with E-state index >= 15 is 0 Å². The Morgan fingerprint density at radius 3 is 2.34 bits per heavy atom. The van der Waals surface area contributed by atoms with Crippen molar-refractivity contribution in [2.75, 3.05) is 0 Å². The first-order valence-corrected chi connectivity index (χ1v) is 10.3. The maximum absolute atomic E-state index is 13.3. The Bertz CT molecular complexity index is 1280. The van der Waals surface area contributed by atoms with Crippen LogP contribution in [-0.2, 0) is 11.3 Å². The number of para-hydroxylation sites is 1. The smallest absolute Gasteiger partial charge is 0.278 e. The van der Waals surface area contributed by atoms with E-state index in [-0.39, 0.29) is 5.91 Å². The Kier molecular flexibility index (Phi) is 5.37. The molecule has 0 radical (unpaired) electrons. The predicted molar refractivity (Wildman–Crippen MR) is 123 cm³/mol. The van der Waals surface area contributed by atoms with Crippen LogP contribution in [0, 0.1) is 0 Å². The number of ether oxygens (including phenoxy) is 1. The van der Waals surface area contributed by atoms with E-state index in [0.29, 0.717) is 29.6 Å². The molecule has 32 heavy (non-hydrogen) atoms. The quantitative estimate of drug-likeness (QED) is 0.365. The molecule has 0 spiro atoms. The van der Waals surface area contributed by atoms with E-state index in [1.807, 2.05) is 97.1 Å². The van der Waals surface area contributed by atoms with Crippen molar-refractivity contribution >= 4 is 17.8 Å². The number of benzene rings is 3. The van der Waals surface area contributed by atoms with Gasteiger partial charge in [-0.25, -0.2) is 4.99 Å². The van der Waals surface area contributed by atoms with Crippen LogP contribution in [0.25, 0.3) is 6.08 Å². The van der Waals surface area contributed by atoms with Crippen LogP contribution in [0.3, 0.4) is 0 Å². The zero-order valence-corrected chi connectivity index (χ0v) is 17.2. The van der Waals surface area contributed by atoms with Gasteiger partial charge in [-0.2, -0.15) is 0 Å². The molecule has 1 aliphatic rings.